The number of nitrogens with zero attached hydrogens (tertiary/aromatic N) is 7. The van der Waals surface area contributed by atoms with E-state index in [2.05, 4.69) is 64.9 Å². The van der Waals surface area contributed by atoms with Crippen molar-refractivity contribution in [3.05, 3.63) is 277 Å². The van der Waals surface area contributed by atoms with E-state index in [9.17, 15) is 55.9 Å². The van der Waals surface area contributed by atoms with Gasteiger partial charge in [0.15, 0.2) is 51.6 Å². The molecular formula is C94H97ClF4N10O21. The molecule has 684 valence electrons. The van der Waals surface area contributed by atoms with Crippen molar-refractivity contribution in [2.75, 3.05) is 137 Å². The third-order valence-corrected chi connectivity index (χ3v) is 19.9. The fourth-order valence-corrected chi connectivity index (χ4v) is 13.3. The lowest BCUT2D eigenvalue weighted by Crippen LogP contribution is -2.49. The maximum Gasteiger partial charge on any atom is 0.346 e. The Bertz CT molecular complexity index is 6230. The average Bonchev–Trinajstić information content (AvgIpc) is 0.732. The Labute approximate surface area is 750 Å². The molecule has 0 unspecified atom stereocenters. The van der Waals surface area contributed by atoms with Crippen LogP contribution >= 0.6 is 11.6 Å². The van der Waals surface area contributed by atoms with Gasteiger partial charge in [0, 0.05) is 98.7 Å². The largest absolute Gasteiger partial charge is 0.493 e. The summed E-state index contributed by atoms with van der Waals surface area (Å²) in [5.74, 6) is -1.83. The molecule has 2 aliphatic heterocycles. The van der Waals surface area contributed by atoms with Gasteiger partial charge < -0.3 is 82.4 Å². The Morgan fingerprint density at radius 2 is 0.908 bits per heavy atom. The summed E-state index contributed by atoms with van der Waals surface area (Å²) in [7, 11) is 18.0. The highest BCUT2D eigenvalue weighted by Gasteiger charge is 2.31. The highest BCUT2D eigenvalue weighted by molar-refractivity contribution is 6.53. The highest BCUT2D eigenvalue weighted by atomic mass is 35.5. The van der Waals surface area contributed by atoms with E-state index in [4.69, 9.17) is 64.2 Å². The van der Waals surface area contributed by atoms with Gasteiger partial charge in [-0.2, -0.15) is 5.26 Å². The molecule has 2 aliphatic rings. The lowest BCUT2D eigenvalue weighted by atomic mass is 9.94. The third-order valence-electron chi connectivity index (χ3n) is 19.5. The quantitative estimate of drug-likeness (QED) is 0.0159. The van der Waals surface area contributed by atoms with Crippen LogP contribution in [0.5, 0.6) is 46.0 Å². The minimum atomic E-state index is -0.992. The first-order chi connectivity index (χ1) is 62.5. The van der Waals surface area contributed by atoms with Crippen LogP contribution in [-0.2, 0) is 50.9 Å². The summed E-state index contributed by atoms with van der Waals surface area (Å²) in [5, 5.41) is 18.1. The van der Waals surface area contributed by atoms with Crippen molar-refractivity contribution in [2.45, 2.75) is 38.8 Å². The number of aromatic nitrogens is 5. The smallest absolute Gasteiger partial charge is 0.346 e. The number of ether oxygens (including phenoxy) is 13. The van der Waals surface area contributed by atoms with Crippen LogP contribution in [0.1, 0.15) is 51.5 Å². The zero-order chi connectivity index (χ0) is 94.8. The molecule has 2 fully saturated rings. The predicted octanol–water partition coefficient (Wildman–Crippen LogP) is 12.4. The molecule has 8 aromatic heterocycles. The molecule has 4 aromatic carbocycles. The summed E-state index contributed by atoms with van der Waals surface area (Å²) in [6, 6.07) is 45.3. The summed E-state index contributed by atoms with van der Waals surface area (Å²) < 4.78 is 121. The van der Waals surface area contributed by atoms with E-state index in [0.29, 0.717) is 86.1 Å². The van der Waals surface area contributed by atoms with Crippen molar-refractivity contribution in [1.29, 1.82) is 5.26 Å². The van der Waals surface area contributed by atoms with Crippen LogP contribution in [0.15, 0.2) is 209 Å². The molecular weight excluding hydrogens is 1720 g/mol. The number of esters is 5. The van der Waals surface area contributed by atoms with Gasteiger partial charge in [0.1, 0.15) is 28.8 Å². The lowest BCUT2D eigenvalue weighted by molar-refractivity contribution is -0.144. The van der Waals surface area contributed by atoms with Gasteiger partial charge in [-0.3, -0.25) is 42.3 Å². The number of rotatable bonds is 20. The Hall–Kier alpha value is -14.9. The van der Waals surface area contributed by atoms with Crippen LogP contribution in [0.4, 0.5) is 23.2 Å². The van der Waals surface area contributed by atoms with Crippen molar-refractivity contribution in [1.82, 2.24) is 39.1 Å². The molecule has 0 saturated carbocycles. The Morgan fingerprint density at radius 3 is 1.36 bits per heavy atom. The van der Waals surface area contributed by atoms with Crippen molar-refractivity contribution in [3.8, 4) is 85.4 Å². The molecule has 2 saturated heterocycles. The number of methoxy groups -OCH3 is 13. The minimum Gasteiger partial charge on any atom is -0.493 e. The van der Waals surface area contributed by atoms with Gasteiger partial charge in [0.2, 0.25) is 0 Å². The molecule has 0 aliphatic carbocycles. The van der Waals surface area contributed by atoms with Crippen LogP contribution in [0.2, 0.25) is 0 Å². The normalized spacial score (nSPS) is 12.8. The van der Waals surface area contributed by atoms with Gasteiger partial charge in [-0.1, -0.05) is 29.8 Å². The number of hydrogen-bond donors (Lipinski definition) is 3. The second kappa shape index (κ2) is 49.3. The van der Waals surface area contributed by atoms with Crippen LogP contribution in [-0.4, -0.2) is 197 Å². The number of fused-ring (bicyclic) bond motifs is 3. The summed E-state index contributed by atoms with van der Waals surface area (Å²) in [6.45, 7) is 10.6. The highest BCUT2D eigenvalue weighted by Crippen LogP contribution is 2.39. The van der Waals surface area contributed by atoms with Crippen LogP contribution in [0.25, 0.3) is 55.0 Å². The van der Waals surface area contributed by atoms with Crippen LogP contribution in [0.3, 0.4) is 0 Å². The van der Waals surface area contributed by atoms with Crippen molar-refractivity contribution in [2.24, 2.45) is 0 Å². The van der Waals surface area contributed by atoms with E-state index in [1.165, 1.54) is 101 Å². The SMILES string of the molecule is COC(=O)C(C(=O)OC)=C(Cl)c1ccc(OC)c(OC)c1.COC(=O)Cc1ccc(F)cn1.COC(=O)c1c(-c2ccc(OC)c(OC)c2)c(C(=O)OC)c2ccc(F)cn2c1=O.COc1ccc(-c2cc(=O)n3cc(F)ccc3c2)cc1OC.COc1ccc(-c2cc(=O)n3cc(N4CCN[C@@H](C)C4)ccc3c2)cc1OC.C[C@H]1CNCCN1.N#CCc1ccc(F)cn1. The molecule has 2 atom stereocenters. The number of anilines is 1. The number of nitrogens with one attached hydrogen (secondary N) is 3. The average molecular weight is 1810 g/mol. The monoisotopic (exact) mass is 1810 g/mol. The number of piperazine rings is 2. The number of carbonyl (C=O) groups excluding carboxylic acids is 5. The zero-order valence-electron chi connectivity index (χ0n) is 73.8. The number of halogens is 5. The Balaban J connectivity index is 0.000000195. The first-order valence-electron chi connectivity index (χ1n) is 39.6. The number of pyridine rings is 8. The van der Waals surface area contributed by atoms with Gasteiger partial charge in [-0.15, -0.1) is 0 Å². The molecule has 0 bridgehead atoms. The minimum absolute atomic E-state index is 0.0220. The van der Waals surface area contributed by atoms with Crippen LogP contribution < -0.4 is 75.4 Å². The van der Waals surface area contributed by atoms with E-state index < -0.39 is 58.0 Å². The van der Waals surface area contributed by atoms with Crippen molar-refractivity contribution in [3.63, 3.8) is 0 Å². The van der Waals surface area contributed by atoms with E-state index in [-0.39, 0.29) is 57.4 Å². The lowest BCUT2D eigenvalue weighted by Gasteiger charge is -2.33. The van der Waals surface area contributed by atoms with Crippen molar-refractivity contribution < 1.29 is 103 Å². The van der Waals surface area contributed by atoms with Crippen LogP contribution in [0, 0.1) is 34.6 Å². The number of carbonyl (C=O) groups is 5. The molecule has 130 heavy (non-hydrogen) atoms. The Morgan fingerprint density at radius 1 is 0.454 bits per heavy atom. The summed E-state index contributed by atoms with van der Waals surface area (Å²) in [4.78, 5) is 107. The predicted molar refractivity (Wildman–Crippen MR) is 479 cm³/mol. The number of nitriles is 1. The van der Waals surface area contributed by atoms with E-state index in [0.717, 1.165) is 130 Å². The molecule has 12 aromatic rings. The molecule has 36 heteroatoms. The molecule has 10 heterocycles. The Kier molecular flexibility index (Phi) is 38.1. The second-order valence-electron chi connectivity index (χ2n) is 27.8. The maximum atomic E-state index is 13.8. The van der Waals surface area contributed by atoms with Gasteiger partial charge in [-0.05, 0) is 175 Å². The number of hydrogen-bond acceptors (Lipinski definition) is 28. The fraction of sp³-hybridized carbons (Fsp3) is 0.266. The van der Waals surface area contributed by atoms with Gasteiger partial charge in [-0.25, -0.2) is 36.7 Å². The van der Waals surface area contributed by atoms with Gasteiger partial charge in [0.05, 0.1) is 157 Å². The zero-order valence-corrected chi connectivity index (χ0v) is 74.6. The molecule has 0 radical (unpaired) electrons. The van der Waals surface area contributed by atoms with E-state index >= 15 is 0 Å². The summed E-state index contributed by atoms with van der Waals surface area (Å²) in [5.41, 5.74) is 5.58. The fourth-order valence-electron chi connectivity index (χ4n) is 13.0. The summed E-state index contributed by atoms with van der Waals surface area (Å²) >= 11 is 6.13. The molecule has 14 rings (SSSR count). The maximum absolute atomic E-state index is 13.8. The van der Waals surface area contributed by atoms with Gasteiger partial charge in [0.25, 0.3) is 16.7 Å². The number of benzene rings is 4. The van der Waals surface area contributed by atoms with E-state index in [1.807, 2.05) is 54.7 Å². The summed E-state index contributed by atoms with van der Waals surface area (Å²) in [6.07, 6.45) is 6.49. The van der Waals surface area contributed by atoms with Gasteiger partial charge >= 0.3 is 29.8 Å². The molecule has 0 amide bonds. The molecule has 3 N–H and O–H groups in total. The standard InChI is InChI=1S/C22H25N3O3.C21H18FNO7.C17H14FNO3.C14H15ClO6.C8H8FNO2.C7H5FN2.C5H12N2/c1-15-13-24(9-8-23-15)19-6-5-18-10-17(12-22(26)25(18)14-19)16-4-7-20(27-2)21(11-16)28-3;1-27-14-8-5-11(9-15(14)28-2)16-17(20(25)29-3)13-7-6-12(22)10-23(13)19(24)18(16)21(26)30-4;1-21-15-6-3-11(8-16(15)22-2)12-7-14-5-4-13(18)10-19(14)17(20)9-12;1-18-9-6-5-8(7-10(9)19-2)12(15)11(13(16)20-3)14(17)21-4;1-12-8(11)4-7-3-2-6(9)5-10-7;8-6-1-2-7(3-4-9)10-5-6;1-5-4-6-2-3-7-5/h4-7,10-12,14-15,23H,8-9,13H2,1-3H3;5-10H,1-4H3;3-10H,1-2H3;5-7H,1-4H3;2-3,5H,4H2,1H3;1-2,5H,3H2;5-7H,2-4H2,1H3/t15-;;;;;;5-/m0.....0/s1. The second-order valence-corrected chi connectivity index (χ2v) is 28.2. The van der Waals surface area contributed by atoms with Crippen molar-refractivity contribution >= 4 is 68.7 Å². The first kappa shape index (κ1) is 101. The topological polar surface area (TPSA) is 359 Å². The third kappa shape index (κ3) is 26.6. The molecule has 31 nitrogen and oxygen atoms in total. The first-order valence-corrected chi connectivity index (χ1v) is 40.0. The molecule has 0 spiro atoms. The van der Waals surface area contributed by atoms with E-state index in [1.54, 1.807) is 81.4 Å².